The summed E-state index contributed by atoms with van der Waals surface area (Å²) in [6, 6.07) is 11.1. The van der Waals surface area contributed by atoms with E-state index in [1.54, 1.807) is 32.4 Å². The van der Waals surface area contributed by atoms with Gasteiger partial charge in [-0.15, -0.1) is 0 Å². The molecule has 0 saturated heterocycles. The first-order valence-corrected chi connectivity index (χ1v) is 10.3. The van der Waals surface area contributed by atoms with Crippen molar-refractivity contribution in [2.75, 3.05) is 20.8 Å². The molecule has 0 aromatic heterocycles. The second-order valence-corrected chi connectivity index (χ2v) is 8.10. The average molecular weight is 407 g/mol. The molecule has 2 aromatic carbocycles. The van der Waals surface area contributed by atoms with E-state index in [4.69, 9.17) is 9.47 Å². The lowest BCUT2D eigenvalue weighted by atomic mass is 10.1. The topological polar surface area (TPSA) is 93.7 Å². The first-order chi connectivity index (χ1) is 13.3. The molecule has 0 spiro atoms. The molecule has 0 heterocycles. The first kappa shape index (κ1) is 21.7. The van der Waals surface area contributed by atoms with Gasteiger partial charge in [0.2, 0.25) is 15.9 Å². The Morgan fingerprint density at radius 1 is 1.04 bits per heavy atom. The highest BCUT2D eigenvalue weighted by atomic mass is 32.2. The Labute approximate surface area is 166 Å². The highest BCUT2D eigenvalue weighted by molar-refractivity contribution is 7.89. The number of hydrogen-bond acceptors (Lipinski definition) is 5. The largest absolute Gasteiger partial charge is 0.493 e. The molecule has 2 N–H and O–H groups in total. The number of nitrogens with one attached hydrogen (secondary N) is 2. The average Bonchev–Trinajstić information content (AvgIpc) is 2.67. The van der Waals surface area contributed by atoms with Crippen molar-refractivity contribution in [2.24, 2.45) is 0 Å². The van der Waals surface area contributed by atoms with Crippen molar-refractivity contribution in [3.63, 3.8) is 0 Å². The Balaban J connectivity index is 1.89. The minimum Gasteiger partial charge on any atom is -0.493 e. The van der Waals surface area contributed by atoms with Gasteiger partial charge in [-0.05, 0) is 50.1 Å². The normalized spacial score (nSPS) is 12.3. The molecule has 2 aromatic rings. The van der Waals surface area contributed by atoms with Crippen LogP contribution in [0, 0.1) is 6.92 Å². The number of carbonyl (C=O) groups is 1. The van der Waals surface area contributed by atoms with Crippen molar-refractivity contribution in [1.82, 2.24) is 10.0 Å². The van der Waals surface area contributed by atoms with Crippen LogP contribution in [0.2, 0.25) is 0 Å². The van der Waals surface area contributed by atoms with E-state index in [0.717, 1.165) is 11.1 Å². The highest BCUT2D eigenvalue weighted by Gasteiger charge is 2.21. The van der Waals surface area contributed by atoms with Gasteiger partial charge in [-0.2, -0.15) is 4.72 Å². The van der Waals surface area contributed by atoms with E-state index in [2.05, 4.69) is 10.0 Å². The molecule has 1 unspecified atom stereocenters. The van der Waals surface area contributed by atoms with Crippen LogP contribution >= 0.6 is 0 Å². The van der Waals surface area contributed by atoms with Crippen molar-refractivity contribution in [1.29, 1.82) is 0 Å². The summed E-state index contributed by atoms with van der Waals surface area (Å²) in [5.74, 6) is 0.858. The summed E-state index contributed by atoms with van der Waals surface area (Å²) in [4.78, 5) is 12.4. The van der Waals surface area contributed by atoms with Crippen LogP contribution in [-0.4, -0.2) is 41.1 Å². The number of rotatable bonds is 9. The van der Waals surface area contributed by atoms with Crippen LogP contribution in [0.4, 0.5) is 0 Å². The fraction of sp³-hybridized carbons (Fsp3) is 0.350. The Kier molecular flexibility index (Phi) is 7.42. The summed E-state index contributed by atoms with van der Waals surface area (Å²) in [6.07, 6.45) is 0.573. The van der Waals surface area contributed by atoms with Crippen LogP contribution in [0.3, 0.4) is 0 Å². The number of aryl methyl sites for hydroxylation is 1. The molecule has 1 atom stereocenters. The minimum atomic E-state index is -3.76. The number of ether oxygens (including phenoxy) is 2. The first-order valence-electron chi connectivity index (χ1n) is 8.84. The number of amides is 1. The van der Waals surface area contributed by atoms with E-state index in [1.807, 2.05) is 19.1 Å². The Hall–Kier alpha value is -2.58. The zero-order chi connectivity index (χ0) is 20.7. The van der Waals surface area contributed by atoms with Crippen molar-refractivity contribution < 1.29 is 22.7 Å². The zero-order valence-electron chi connectivity index (χ0n) is 16.5. The lowest BCUT2D eigenvalue weighted by Gasteiger charge is -2.15. The van der Waals surface area contributed by atoms with E-state index < -0.39 is 22.0 Å². The number of methoxy groups -OCH3 is 2. The van der Waals surface area contributed by atoms with E-state index in [0.29, 0.717) is 24.5 Å². The summed E-state index contributed by atoms with van der Waals surface area (Å²) >= 11 is 0. The maximum absolute atomic E-state index is 12.4. The zero-order valence-corrected chi connectivity index (χ0v) is 17.3. The Bertz CT molecular complexity index is 911. The van der Waals surface area contributed by atoms with Gasteiger partial charge in [0.1, 0.15) is 0 Å². The summed E-state index contributed by atoms with van der Waals surface area (Å²) in [6.45, 7) is 3.75. The summed E-state index contributed by atoms with van der Waals surface area (Å²) < 4.78 is 37.6. The molecule has 2 rings (SSSR count). The quantitative estimate of drug-likeness (QED) is 0.665. The van der Waals surface area contributed by atoms with Crippen molar-refractivity contribution in [2.45, 2.75) is 31.2 Å². The molecular formula is C20H26N2O5S. The summed E-state index contributed by atoms with van der Waals surface area (Å²) in [5, 5.41) is 2.74. The number of hydrogen-bond donors (Lipinski definition) is 2. The molecule has 7 nitrogen and oxygen atoms in total. The molecule has 8 heteroatoms. The van der Waals surface area contributed by atoms with Crippen molar-refractivity contribution in [3.05, 3.63) is 53.6 Å². The van der Waals surface area contributed by atoms with Crippen LogP contribution in [0.5, 0.6) is 11.5 Å². The monoisotopic (exact) mass is 406 g/mol. The number of carbonyl (C=O) groups excluding carboxylic acids is 1. The molecule has 28 heavy (non-hydrogen) atoms. The predicted molar refractivity (Wildman–Crippen MR) is 107 cm³/mol. The SMILES string of the molecule is COc1ccc(CCNC(=O)C(C)NS(=O)(=O)c2ccc(C)cc2)cc1OC. The van der Waals surface area contributed by atoms with Crippen LogP contribution < -0.4 is 19.5 Å². The van der Waals surface area contributed by atoms with Gasteiger partial charge in [-0.1, -0.05) is 23.8 Å². The van der Waals surface area contributed by atoms with Gasteiger partial charge in [-0.25, -0.2) is 8.42 Å². The fourth-order valence-corrected chi connectivity index (χ4v) is 3.79. The second-order valence-electron chi connectivity index (χ2n) is 6.39. The molecule has 1 amide bonds. The van der Waals surface area contributed by atoms with Gasteiger partial charge in [0, 0.05) is 6.54 Å². The van der Waals surface area contributed by atoms with E-state index >= 15 is 0 Å². The third-order valence-electron chi connectivity index (χ3n) is 4.22. The van der Waals surface area contributed by atoms with E-state index in [-0.39, 0.29) is 4.90 Å². The lowest BCUT2D eigenvalue weighted by Crippen LogP contribution is -2.45. The van der Waals surface area contributed by atoms with Gasteiger partial charge < -0.3 is 14.8 Å². The molecule has 0 aliphatic heterocycles. The maximum Gasteiger partial charge on any atom is 0.241 e. The van der Waals surface area contributed by atoms with E-state index in [1.165, 1.54) is 19.1 Å². The van der Waals surface area contributed by atoms with Gasteiger partial charge in [0.25, 0.3) is 0 Å². The van der Waals surface area contributed by atoms with Crippen LogP contribution in [0.25, 0.3) is 0 Å². The van der Waals surface area contributed by atoms with E-state index in [9.17, 15) is 13.2 Å². The molecule has 0 fully saturated rings. The molecule has 0 saturated carbocycles. The molecule has 0 aliphatic rings. The maximum atomic E-state index is 12.4. The Morgan fingerprint density at radius 3 is 2.29 bits per heavy atom. The van der Waals surface area contributed by atoms with Crippen molar-refractivity contribution >= 4 is 15.9 Å². The molecule has 152 valence electrons. The van der Waals surface area contributed by atoms with Gasteiger partial charge >= 0.3 is 0 Å². The third kappa shape index (κ3) is 5.71. The lowest BCUT2D eigenvalue weighted by molar-refractivity contribution is -0.122. The van der Waals surface area contributed by atoms with Crippen LogP contribution in [0.15, 0.2) is 47.4 Å². The predicted octanol–water partition coefficient (Wildman–Crippen LogP) is 2.04. The molecule has 0 aliphatic carbocycles. The van der Waals surface area contributed by atoms with Gasteiger partial charge in [0.15, 0.2) is 11.5 Å². The van der Waals surface area contributed by atoms with Crippen LogP contribution in [0.1, 0.15) is 18.1 Å². The smallest absolute Gasteiger partial charge is 0.241 e. The standard InChI is InChI=1S/C20H26N2O5S/c1-14-5-8-17(9-6-14)28(24,25)22-15(2)20(23)21-12-11-16-7-10-18(26-3)19(13-16)27-4/h5-10,13,15,22H,11-12H2,1-4H3,(H,21,23). The molecule has 0 radical (unpaired) electrons. The third-order valence-corrected chi connectivity index (χ3v) is 5.77. The van der Waals surface area contributed by atoms with Gasteiger partial charge in [-0.3, -0.25) is 4.79 Å². The fourth-order valence-electron chi connectivity index (χ4n) is 2.59. The van der Waals surface area contributed by atoms with Crippen LogP contribution in [-0.2, 0) is 21.2 Å². The van der Waals surface area contributed by atoms with Gasteiger partial charge in [0.05, 0.1) is 25.2 Å². The number of benzene rings is 2. The molecular weight excluding hydrogens is 380 g/mol. The summed E-state index contributed by atoms with van der Waals surface area (Å²) in [7, 11) is -0.629. The number of sulfonamides is 1. The molecule has 0 bridgehead atoms. The summed E-state index contributed by atoms with van der Waals surface area (Å²) in [5.41, 5.74) is 1.92. The Morgan fingerprint density at radius 2 is 1.68 bits per heavy atom. The highest BCUT2D eigenvalue weighted by Crippen LogP contribution is 2.27. The second kappa shape index (κ2) is 9.57. The van der Waals surface area contributed by atoms with Crippen molar-refractivity contribution in [3.8, 4) is 11.5 Å². The minimum absolute atomic E-state index is 0.128.